The van der Waals surface area contributed by atoms with Crippen LogP contribution in [0.4, 0.5) is 0 Å². The Balaban J connectivity index is 1.61. The van der Waals surface area contributed by atoms with Gasteiger partial charge in [0.05, 0.1) is 5.02 Å². The van der Waals surface area contributed by atoms with E-state index in [2.05, 4.69) is 10.2 Å². The van der Waals surface area contributed by atoms with Crippen molar-refractivity contribution in [2.75, 3.05) is 39.3 Å². The number of carbonyl (C=O) groups is 1. The van der Waals surface area contributed by atoms with Gasteiger partial charge in [-0.1, -0.05) is 11.6 Å². The van der Waals surface area contributed by atoms with Crippen LogP contribution in [0.3, 0.4) is 0 Å². The van der Waals surface area contributed by atoms with Crippen molar-refractivity contribution in [3.63, 3.8) is 0 Å². The van der Waals surface area contributed by atoms with Crippen molar-refractivity contribution in [1.82, 2.24) is 19.7 Å². The zero-order chi connectivity index (χ0) is 13.4. The number of piperazine rings is 1. The summed E-state index contributed by atoms with van der Waals surface area (Å²) in [5.74, 6) is 0.0841. The van der Waals surface area contributed by atoms with Crippen molar-refractivity contribution < 1.29 is 4.79 Å². The third-order valence-corrected chi connectivity index (χ3v) is 4.28. The van der Waals surface area contributed by atoms with E-state index in [1.54, 1.807) is 16.8 Å². The van der Waals surface area contributed by atoms with Crippen molar-refractivity contribution in [1.29, 1.82) is 0 Å². The Morgan fingerprint density at radius 3 is 2.47 bits per heavy atom. The maximum atomic E-state index is 12.4. The van der Waals surface area contributed by atoms with Crippen LogP contribution in [0, 0.1) is 0 Å². The molecule has 0 aromatic carbocycles. The summed E-state index contributed by atoms with van der Waals surface area (Å²) in [6.45, 7) is 5.71. The second kappa shape index (κ2) is 5.15. The topological polar surface area (TPSA) is 40.5 Å². The molecule has 0 aliphatic carbocycles. The van der Waals surface area contributed by atoms with Gasteiger partial charge in [-0.15, -0.1) is 0 Å². The molecule has 3 heterocycles. The minimum atomic E-state index is 0.0841. The average molecular weight is 283 g/mol. The van der Waals surface area contributed by atoms with Crippen LogP contribution in [-0.2, 0) is 7.05 Å². The lowest BCUT2D eigenvalue weighted by Crippen LogP contribution is -2.62. The highest BCUT2D eigenvalue weighted by atomic mass is 35.5. The van der Waals surface area contributed by atoms with E-state index in [0.717, 1.165) is 39.3 Å². The van der Waals surface area contributed by atoms with Gasteiger partial charge in [-0.3, -0.25) is 9.69 Å². The summed E-state index contributed by atoms with van der Waals surface area (Å²) in [6.07, 6.45) is 1.77. The molecule has 0 bridgehead atoms. The van der Waals surface area contributed by atoms with Crippen LogP contribution in [-0.4, -0.2) is 65.6 Å². The number of rotatable bonds is 2. The van der Waals surface area contributed by atoms with Crippen LogP contribution in [0.5, 0.6) is 0 Å². The van der Waals surface area contributed by atoms with Gasteiger partial charge in [0.1, 0.15) is 5.69 Å². The molecule has 3 rings (SSSR count). The van der Waals surface area contributed by atoms with Crippen LogP contribution < -0.4 is 5.32 Å². The van der Waals surface area contributed by atoms with Crippen molar-refractivity contribution >= 4 is 17.5 Å². The van der Waals surface area contributed by atoms with Crippen LogP contribution in [0.1, 0.15) is 10.5 Å². The maximum absolute atomic E-state index is 12.4. The number of carbonyl (C=O) groups excluding carboxylic acids is 1. The van der Waals surface area contributed by atoms with Crippen LogP contribution in [0.15, 0.2) is 12.3 Å². The standard InChI is InChI=1S/C13H19ClN4O/c1-16-9-10(14)6-12(16)13(19)18-4-2-17(3-5-18)11-7-15-8-11/h6,9,11,15H,2-5,7-8H2,1H3. The van der Waals surface area contributed by atoms with Gasteiger partial charge >= 0.3 is 0 Å². The lowest BCUT2D eigenvalue weighted by atomic mass is 10.1. The minimum absolute atomic E-state index is 0.0841. The number of hydrogen-bond acceptors (Lipinski definition) is 3. The number of aromatic nitrogens is 1. The molecule has 1 amide bonds. The van der Waals surface area contributed by atoms with Crippen molar-refractivity contribution in [3.8, 4) is 0 Å². The Morgan fingerprint density at radius 1 is 1.32 bits per heavy atom. The first-order valence-electron chi connectivity index (χ1n) is 6.71. The molecule has 1 N–H and O–H groups in total. The number of amides is 1. The van der Waals surface area contributed by atoms with Gasteiger partial charge in [-0.05, 0) is 6.07 Å². The lowest BCUT2D eigenvalue weighted by Gasteiger charge is -2.43. The number of nitrogens with one attached hydrogen (secondary N) is 1. The summed E-state index contributed by atoms with van der Waals surface area (Å²) in [7, 11) is 1.86. The number of aryl methyl sites for hydroxylation is 1. The van der Waals surface area contributed by atoms with E-state index in [-0.39, 0.29) is 5.91 Å². The molecule has 2 fully saturated rings. The summed E-state index contributed by atoms with van der Waals surface area (Å²) in [6, 6.07) is 2.41. The number of nitrogens with zero attached hydrogens (tertiary/aromatic N) is 3. The largest absolute Gasteiger partial charge is 0.345 e. The molecule has 19 heavy (non-hydrogen) atoms. The van der Waals surface area contributed by atoms with E-state index in [1.807, 2.05) is 11.9 Å². The SMILES string of the molecule is Cn1cc(Cl)cc1C(=O)N1CCN(C2CNC2)CC1. The fourth-order valence-electron chi connectivity index (χ4n) is 2.72. The molecule has 0 atom stereocenters. The molecule has 2 aliphatic heterocycles. The van der Waals surface area contributed by atoms with E-state index in [1.165, 1.54) is 0 Å². The molecule has 6 heteroatoms. The Morgan fingerprint density at radius 2 is 2.00 bits per heavy atom. The lowest BCUT2D eigenvalue weighted by molar-refractivity contribution is 0.0494. The van der Waals surface area contributed by atoms with Gasteiger partial charge in [-0.25, -0.2) is 0 Å². The summed E-state index contributed by atoms with van der Waals surface area (Å²) < 4.78 is 1.80. The predicted molar refractivity (Wildman–Crippen MR) is 74.6 cm³/mol. The summed E-state index contributed by atoms with van der Waals surface area (Å²) in [4.78, 5) is 16.8. The molecule has 0 saturated carbocycles. The summed E-state index contributed by atoms with van der Waals surface area (Å²) in [5.41, 5.74) is 0.670. The Labute approximate surface area is 118 Å². The summed E-state index contributed by atoms with van der Waals surface area (Å²) in [5, 5.41) is 3.90. The first-order chi connectivity index (χ1) is 9.15. The first-order valence-corrected chi connectivity index (χ1v) is 7.09. The zero-order valence-electron chi connectivity index (χ0n) is 11.1. The normalized spacial score (nSPS) is 21.5. The molecule has 0 radical (unpaired) electrons. The van der Waals surface area contributed by atoms with E-state index >= 15 is 0 Å². The molecule has 1 aromatic heterocycles. The average Bonchev–Trinajstić information content (AvgIpc) is 2.66. The highest BCUT2D eigenvalue weighted by Gasteiger charge is 2.30. The second-order valence-corrected chi connectivity index (χ2v) is 5.73. The van der Waals surface area contributed by atoms with Crippen molar-refractivity contribution in [3.05, 3.63) is 23.0 Å². The Kier molecular flexibility index (Phi) is 3.52. The Hall–Kier alpha value is -1.04. The van der Waals surface area contributed by atoms with Gasteiger partial charge in [0.2, 0.25) is 0 Å². The number of hydrogen-bond donors (Lipinski definition) is 1. The van der Waals surface area contributed by atoms with Gasteiger partial charge in [0, 0.05) is 58.6 Å². The van der Waals surface area contributed by atoms with Gasteiger partial charge < -0.3 is 14.8 Å². The van der Waals surface area contributed by atoms with Crippen LogP contribution in [0.2, 0.25) is 5.02 Å². The van der Waals surface area contributed by atoms with Crippen molar-refractivity contribution in [2.45, 2.75) is 6.04 Å². The highest BCUT2D eigenvalue weighted by molar-refractivity contribution is 6.31. The van der Waals surface area contributed by atoms with Gasteiger partial charge in [0.15, 0.2) is 0 Å². The smallest absolute Gasteiger partial charge is 0.270 e. The molecule has 0 spiro atoms. The fraction of sp³-hybridized carbons (Fsp3) is 0.615. The third kappa shape index (κ3) is 2.50. The van der Waals surface area contributed by atoms with Crippen LogP contribution in [0.25, 0.3) is 0 Å². The fourth-order valence-corrected chi connectivity index (χ4v) is 2.97. The first kappa shape index (κ1) is 13.0. The monoisotopic (exact) mass is 282 g/mol. The van der Waals surface area contributed by atoms with E-state index in [0.29, 0.717) is 16.8 Å². The summed E-state index contributed by atoms with van der Waals surface area (Å²) >= 11 is 5.93. The van der Waals surface area contributed by atoms with E-state index < -0.39 is 0 Å². The molecule has 0 unspecified atom stereocenters. The molecular formula is C13H19ClN4O. The van der Waals surface area contributed by atoms with Gasteiger partial charge in [-0.2, -0.15) is 0 Å². The molecule has 2 saturated heterocycles. The van der Waals surface area contributed by atoms with Crippen molar-refractivity contribution in [2.24, 2.45) is 7.05 Å². The zero-order valence-corrected chi connectivity index (χ0v) is 11.9. The second-order valence-electron chi connectivity index (χ2n) is 5.29. The minimum Gasteiger partial charge on any atom is -0.345 e. The number of halogens is 1. The molecule has 5 nitrogen and oxygen atoms in total. The molecule has 2 aliphatic rings. The highest BCUT2D eigenvalue weighted by Crippen LogP contribution is 2.16. The predicted octanol–water partition coefficient (Wildman–Crippen LogP) is 0.408. The van der Waals surface area contributed by atoms with E-state index in [4.69, 9.17) is 11.6 Å². The Bertz CT molecular complexity index is 475. The van der Waals surface area contributed by atoms with E-state index in [9.17, 15) is 4.79 Å². The molecule has 104 valence electrons. The van der Waals surface area contributed by atoms with Gasteiger partial charge in [0.25, 0.3) is 5.91 Å². The quantitative estimate of drug-likeness (QED) is 0.854. The molecular weight excluding hydrogens is 264 g/mol. The van der Waals surface area contributed by atoms with Crippen LogP contribution >= 0.6 is 11.6 Å². The third-order valence-electron chi connectivity index (χ3n) is 4.07. The molecule has 1 aromatic rings. The maximum Gasteiger partial charge on any atom is 0.270 e.